The van der Waals surface area contributed by atoms with Crippen LogP contribution >= 0.6 is 11.3 Å². The van der Waals surface area contributed by atoms with Crippen LogP contribution in [0.2, 0.25) is 0 Å². The standard InChI is InChI=1S/C22H33N5O4S/c1-6-31-19(28)17-16(25(5)20(29)23-18(17)15-7-12-32-14-15)13-26-8-10-27(11-9-26)21(30)24-22(2,3)4/h7,12,14,18H,6,8-11,13H2,1-5H3,(H,23,29)(H,24,30). The zero-order valence-electron chi connectivity index (χ0n) is 19.4. The van der Waals surface area contributed by atoms with Gasteiger partial charge in [-0.3, -0.25) is 9.80 Å². The first-order chi connectivity index (χ1) is 15.1. The van der Waals surface area contributed by atoms with E-state index in [-0.39, 0.29) is 24.2 Å². The molecular weight excluding hydrogens is 430 g/mol. The van der Waals surface area contributed by atoms with Crippen LogP contribution in [0.15, 0.2) is 28.1 Å². The van der Waals surface area contributed by atoms with E-state index in [1.807, 2.05) is 37.6 Å². The molecule has 3 rings (SSSR count). The third kappa shape index (κ3) is 5.60. The van der Waals surface area contributed by atoms with Gasteiger partial charge in [0.2, 0.25) is 0 Å². The van der Waals surface area contributed by atoms with Gasteiger partial charge in [0.1, 0.15) is 0 Å². The molecule has 2 aliphatic heterocycles. The number of nitrogens with zero attached hydrogens (tertiary/aromatic N) is 3. The van der Waals surface area contributed by atoms with Gasteiger partial charge in [0.25, 0.3) is 0 Å². The van der Waals surface area contributed by atoms with Gasteiger partial charge >= 0.3 is 18.0 Å². The van der Waals surface area contributed by atoms with E-state index in [1.54, 1.807) is 18.9 Å². The van der Waals surface area contributed by atoms with Crippen molar-refractivity contribution in [3.8, 4) is 0 Å². The lowest BCUT2D eigenvalue weighted by Crippen LogP contribution is -2.56. The minimum atomic E-state index is -0.544. The fraction of sp³-hybridized carbons (Fsp3) is 0.591. The number of urea groups is 2. The summed E-state index contributed by atoms with van der Waals surface area (Å²) in [6, 6.07) is 1.03. The maximum Gasteiger partial charge on any atom is 0.338 e. The highest BCUT2D eigenvalue weighted by atomic mass is 32.1. The molecule has 1 aromatic heterocycles. The number of carbonyl (C=O) groups excluding carboxylic acids is 3. The molecule has 1 saturated heterocycles. The van der Waals surface area contributed by atoms with E-state index in [4.69, 9.17) is 4.74 Å². The summed E-state index contributed by atoms with van der Waals surface area (Å²) in [5, 5.41) is 9.77. The number of hydrogen-bond donors (Lipinski definition) is 2. The van der Waals surface area contributed by atoms with Gasteiger partial charge in [0, 0.05) is 51.0 Å². The molecule has 0 aromatic carbocycles. The Morgan fingerprint density at radius 1 is 1.25 bits per heavy atom. The summed E-state index contributed by atoms with van der Waals surface area (Å²) in [7, 11) is 1.67. The Hall–Kier alpha value is -2.59. The highest BCUT2D eigenvalue weighted by molar-refractivity contribution is 7.08. The van der Waals surface area contributed by atoms with E-state index in [9.17, 15) is 14.4 Å². The fourth-order valence-electron chi connectivity index (χ4n) is 3.81. The summed E-state index contributed by atoms with van der Waals surface area (Å²) in [6.45, 7) is 10.8. The van der Waals surface area contributed by atoms with Crippen molar-refractivity contribution in [1.29, 1.82) is 0 Å². The minimum absolute atomic E-state index is 0.0738. The van der Waals surface area contributed by atoms with Gasteiger partial charge in [0.05, 0.1) is 18.2 Å². The van der Waals surface area contributed by atoms with Crippen molar-refractivity contribution in [2.75, 3.05) is 46.4 Å². The molecule has 4 amide bonds. The molecular formula is C22H33N5O4S. The molecule has 0 spiro atoms. The van der Waals surface area contributed by atoms with Crippen molar-refractivity contribution in [1.82, 2.24) is 25.3 Å². The quantitative estimate of drug-likeness (QED) is 0.654. The van der Waals surface area contributed by atoms with Crippen LogP contribution in [0.5, 0.6) is 0 Å². The molecule has 32 heavy (non-hydrogen) atoms. The number of ether oxygens (including phenoxy) is 1. The molecule has 3 heterocycles. The summed E-state index contributed by atoms with van der Waals surface area (Å²) >= 11 is 1.51. The molecule has 0 bridgehead atoms. The largest absolute Gasteiger partial charge is 0.463 e. The number of piperazine rings is 1. The molecule has 1 aromatic rings. The van der Waals surface area contributed by atoms with E-state index in [0.29, 0.717) is 44.0 Å². The Balaban J connectivity index is 1.80. The average molecular weight is 464 g/mol. The van der Waals surface area contributed by atoms with E-state index >= 15 is 0 Å². The van der Waals surface area contributed by atoms with Gasteiger partial charge in [0.15, 0.2) is 0 Å². The Morgan fingerprint density at radius 2 is 1.94 bits per heavy atom. The predicted octanol–water partition coefficient (Wildman–Crippen LogP) is 2.39. The number of likely N-dealkylation sites (N-methyl/N-ethyl adjacent to an activating group) is 1. The van der Waals surface area contributed by atoms with Crippen molar-refractivity contribution in [2.24, 2.45) is 0 Å². The van der Waals surface area contributed by atoms with E-state index in [1.165, 1.54) is 16.2 Å². The molecule has 9 nitrogen and oxygen atoms in total. The van der Waals surface area contributed by atoms with Crippen molar-refractivity contribution >= 4 is 29.4 Å². The summed E-state index contributed by atoms with van der Waals surface area (Å²) < 4.78 is 5.36. The molecule has 2 N–H and O–H groups in total. The van der Waals surface area contributed by atoms with Gasteiger partial charge in [-0.25, -0.2) is 14.4 Å². The van der Waals surface area contributed by atoms with E-state index < -0.39 is 12.0 Å². The average Bonchev–Trinajstić information content (AvgIpc) is 3.25. The number of esters is 1. The Bertz CT molecular complexity index is 869. The van der Waals surface area contributed by atoms with Crippen molar-refractivity contribution in [3.63, 3.8) is 0 Å². The zero-order chi connectivity index (χ0) is 23.5. The molecule has 0 radical (unpaired) electrons. The molecule has 1 atom stereocenters. The lowest BCUT2D eigenvalue weighted by atomic mass is 9.96. The number of rotatable bonds is 5. The maximum atomic E-state index is 12.9. The van der Waals surface area contributed by atoms with Gasteiger partial charge in [-0.15, -0.1) is 0 Å². The van der Waals surface area contributed by atoms with Gasteiger partial charge in [-0.1, -0.05) is 0 Å². The first-order valence-corrected chi connectivity index (χ1v) is 11.8. The van der Waals surface area contributed by atoms with E-state index in [2.05, 4.69) is 15.5 Å². The number of amides is 4. The summed E-state index contributed by atoms with van der Waals surface area (Å²) in [6.07, 6.45) is 0. The number of hydrogen-bond acceptors (Lipinski definition) is 6. The van der Waals surface area contributed by atoms with Gasteiger partial charge in [-0.05, 0) is 50.1 Å². The normalized spacial score (nSPS) is 20.3. The van der Waals surface area contributed by atoms with Gasteiger partial charge in [-0.2, -0.15) is 11.3 Å². The monoisotopic (exact) mass is 463 g/mol. The van der Waals surface area contributed by atoms with Crippen LogP contribution in [0, 0.1) is 0 Å². The Morgan fingerprint density at radius 3 is 2.50 bits per heavy atom. The maximum absolute atomic E-state index is 12.9. The number of nitrogens with one attached hydrogen (secondary N) is 2. The first-order valence-electron chi connectivity index (χ1n) is 10.9. The Labute approximate surface area is 193 Å². The second kappa shape index (κ2) is 9.91. The van der Waals surface area contributed by atoms with Crippen molar-refractivity contribution < 1.29 is 19.1 Å². The third-order valence-corrected chi connectivity index (χ3v) is 6.17. The van der Waals surface area contributed by atoms with Crippen molar-refractivity contribution in [2.45, 2.75) is 39.3 Å². The molecule has 10 heteroatoms. The molecule has 1 unspecified atom stereocenters. The second-order valence-electron chi connectivity index (χ2n) is 9.02. The summed E-state index contributed by atoms with van der Waals surface area (Å²) in [5.74, 6) is -0.422. The first kappa shape index (κ1) is 24.1. The Kier molecular flexibility index (Phi) is 7.45. The molecule has 0 saturated carbocycles. The molecule has 1 fully saturated rings. The molecule has 176 valence electrons. The third-order valence-electron chi connectivity index (χ3n) is 5.46. The molecule has 0 aliphatic carbocycles. The van der Waals surface area contributed by atoms with Gasteiger partial charge < -0.3 is 20.3 Å². The van der Waals surface area contributed by atoms with Crippen LogP contribution in [-0.4, -0.2) is 84.6 Å². The summed E-state index contributed by atoms with van der Waals surface area (Å²) in [5.41, 5.74) is 1.67. The molecule has 2 aliphatic rings. The van der Waals surface area contributed by atoms with Crippen LogP contribution in [0.25, 0.3) is 0 Å². The number of carbonyl (C=O) groups is 3. The highest BCUT2D eigenvalue weighted by Crippen LogP contribution is 2.32. The lowest BCUT2D eigenvalue weighted by molar-refractivity contribution is -0.139. The zero-order valence-corrected chi connectivity index (χ0v) is 20.3. The van der Waals surface area contributed by atoms with Crippen LogP contribution in [0.4, 0.5) is 9.59 Å². The fourth-order valence-corrected chi connectivity index (χ4v) is 4.49. The smallest absolute Gasteiger partial charge is 0.338 e. The number of thiophene rings is 1. The predicted molar refractivity (Wildman–Crippen MR) is 123 cm³/mol. The van der Waals surface area contributed by atoms with Crippen LogP contribution in [0.1, 0.15) is 39.3 Å². The topological polar surface area (TPSA) is 94.2 Å². The van der Waals surface area contributed by atoms with Crippen LogP contribution in [-0.2, 0) is 9.53 Å². The van der Waals surface area contributed by atoms with Crippen LogP contribution in [0.3, 0.4) is 0 Å². The second-order valence-corrected chi connectivity index (χ2v) is 9.80. The van der Waals surface area contributed by atoms with E-state index in [0.717, 1.165) is 5.56 Å². The SMILES string of the molecule is CCOC(=O)C1=C(CN2CCN(C(=O)NC(C)(C)C)CC2)N(C)C(=O)NC1c1ccsc1. The highest BCUT2D eigenvalue weighted by Gasteiger charge is 2.38. The van der Waals surface area contributed by atoms with Crippen molar-refractivity contribution in [3.05, 3.63) is 33.7 Å². The van der Waals surface area contributed by atoms with Crippen LogP contribution < -0.4 is 10.6 Å². The minimum Gasteiger partial charge on any atom is -0.463 e. The lowest BCUT2D eigenvalue weighted by Gasteiger charge is -2.39. The summed E-state index contributed by atoms with van der Waals surface area (Å²) in [4.78, 5) is 43.6.